The topological polar surface area (TPSA) is 57.7 Å². The highest BCUT2D eigenvalue weighted by atomic mass is 19.4. The third kappa shape index (κ3) is 3.08. The van der Waals surface area contributed by atoms with E-state index in [1.54, 1.807) is 12.1 Å². The number of amides is 2. The van der Waals surface area contributed by atoms with E-state index in [1.165, 1.54) is 12.1 Å². The third-order valence-corrected chi connectivity index (χ3v) is 6.89. The molecular formula is C24H21F3N2O3. The van der Waals surface area contributed by atoms with Crippen molar-refractivity contribution >= 4 is 23.3 Å². The zero-order chi connectivity index (χ0) is 22.8. The van der Waals surface area contributed by atoms with Crippen molar-refractivity contribution in [1.82, 2.24) is 4.90 Å². The maximum atomic E-state index is 13.5. The number of imide groups is 1. The average molecular weight is 442 g/mol. The molecular weight excluding hydrogens is 421 g/mol. The second-order valence-electron chi connectivity index (χ2n) is 8.73. The summed E-state index contributed by atoms with van der Waals surface area (Å²) in [6.07, 6.45) is -3.12. The van der Waals surface area contributed by atoms with Crippen LogP contribution in [0.3, 0.4) is 0 Å². The van der Waals surface area contributed by atoms with Gasteiger partial charge in [0.2, 0.25) is 11.8 Å². The fourth-order valence-corrected chi connectivity index (χ4v) is 5.48. The monoisotopic (exact) mass is 442 g/mol. The maximum absolute atomic E-state index is 13.5. The number of aryl methyl sites for hydroxylation is 1. The van der Waals surface area contributed by atoms with Crippen LogP contribution in [0.15, 0.2) is 48.5 Å². The Labute approximate surface area is 182 Å². The summed E-state index contributed by atoms with van der Waals surface area (Å²) in [5.41, 5.74) is 0.426. The summed E-state index contributed by atoms with van der Waals surface area (Å²) < 4.78 is 39.6. The van der Waals surface area contributed by atoms with E-state index in [4.69, 9.17) is 0 Å². The van der Waals surface area contributed by atoms with Crippen molar-refractivity contribution in [3.63, 3.8) is 0 Å². The Kier molecular flexibility index (Phi) is 4.74. The Morgan fingerprint density at radius 2 is 1.69 bits per heavy atom. The molecule has 5 rings (SSSR count). The third-order valence-electron chi connectivity index (χ3n) is 6.89. The molecule has 3 aliphatic rings. The second-order valence-corrected chi connectivity index (χ2v) is 8.73. The number of carbonyl (C=O) groups is 3. The van der Waals surface area contributed by atoms with Crippen molar-refractivity contribution in [2.24, 2.45) is 11.8 Å². The predicted octanol–water partition coefficient (Wildman–Crippen LogP) is 3.85. The molecule has 0 bridgehead atoms. The standard InChI is InChI=1S/C24H21F3N2O3/c1-13-7-9-14(10-8-13)21(30)20-19-18(17-6-3-11-28(17)20)22(31)29(23(19)32)16-5-2-4-15(12-16)24(25,26)27/h2,4-5,7-10,12,17-20H,3,6,11H2,1H3/t17-,18+,19-,20+/m1/s1. The van der Waals surface area contributed by atoms with Gasteiger partial charge in [-0.05, 0) is 44.5 Å². The molecule has 3 heterocycles. The Balaban J connectivity index is 1.54. The van der Waals surface area contributed by atoms with Gasteiger partial charge in [-0.15, -0.1) is 0 Å². The van der Waals surface area contributed by atoms with Gasteiger partial charge in [-0.2, -0.15) is 13.2 Å². The van der Waals surface area contributed by atoms with E-state index in [-0.39, 0.29) is 17.5 Å². The molecule has 2 aromatic rings. The van der Waals surface area contributed by atoms with Gasteiger partial charge in [0.1, 0.15) is 0 Å². The summed E-state index contributed by atoms with van der Waals surface area (Å²) in [6, 6.07) is 10.2. The van der Waals surface area contributed by atoms with Crippen molar-refractivity contribution < 1.29 is 27.6 Å². The van der Waals surface area contributed by atoms with Gasteiger partial charge in [-0.3, -0.25) is 19.3 Å². The number of anilines is 1. The Bertz CT molecular complexity index is 1110. The molecule has 0 aliphatic carbocycles. The highest BCUT2D eigenvalue weighted by Crippen LogP contribution is 2.48. The van der Waals surface area contributed by atoms with Crippen LogP contribution in [0, 0.1) is 18.8 Å². The number of hydrogen-bond acceptors (Lipinski definition) is 4. The quantitative estimate of drug-likeness (QED) is 0.535. The number of rotatable bonds is 3. The fraction of sp³-hybridized carbons (Fsp3) is 0.375. The van der Waals surface area contributed by atoms with E-state index >= 15 is 0 Å². The van der Waals surface area contributed by atoms with Crippen molar-refractivity contribution in [3.8, 4) is 0 Å². The number of alkyl halides is 3. The summed E-state index contributed by atoms with van der Waals surface area (Å²) >= 11 is 0. The SMILES string of the molecule is Cc1ccc(C(=O)[C@@H]2[C@@H]3C(=O)N(c4cccc(C(F)(F)F)c4)C(=O)[C@H]3[C@H]3CCCN32)cc1. The first kappa shape index (κ1) is 20.9. The Hall–Kier alpha value is -3.00. The lowest BCUT2D eigenvalue weighted by Crippen LogP contribution is -2.46. The van der Waals surface area contributed by atoms with Crippen LogP contribution in [-0.4, -0.2) is 41.1 Å². The van der Waals surface area contributed by atoms with Crippen molar-refractivity contribution in [1.29, 1.82) is 0 Å². The summed E-state index contributed by atoms with van der Waals surface area (Å²) in [5, 5.41) is 0. The van der Waals surface area contributed by atoms with Crippen LogP contribution in [0.1, 0.15) is 34.3 Å². The van der Waals surface area contributed by atoms with Crippen LogP contribution in [0.5, 0.6) is 0 Å². The maximum Gasteiger partial charge on any atom is 0.416 e. The molecule has 4 atom stereocenters. The van der Waals surface area contributed by atoms with Gasteiger partial charge < -0.3 is 0 Å². The number of Topliss-reactive ketones (excluding diaryl/α,β-unsaturated/α-hetero) is 1. The minimum Gasteiger partial charge on any atom is -0.292 e. The molecule has 0 unspecified atom stereocenters. The minimum atomic E-state index is -4.59. The number of fused-ring (bicyclic) bond motifs is 3. The molecule has 0 N–H and O–H groups in total. The molecule has 2 amide bonds. The molecule has 5 nitrogen and oxygen atoms in total. The minimum absolute atomic E-state index is 0.102. The van der Waals surface area contributed by atoms with Crippen LogP contribution in [0.4, 0.5) is 18.9 Å². The lowest BCUT2D eigenvalue weighted by Gasteiger charge is -2.27. The van der Waals surface area contributed by atoms with E-state index in [2.05, 4.69) is 0 Å². The lowest BCUT2D eigenvalue weighted by molar-refractivity contribution is -0.137. The Morgan fingerprint density at radius 1 is 1.00 bits per heavy atom. The molecule has 0 radical (unpaired) electrons. The molecule has 3 aliphatic heterocycles. The van der Waals surface area contributed by atoms with Crippen LogP contribution in [-0.2, 0) is 15.8 Å². The number of benzene rings is 2. The smallest absolute Gasteiger partial charge is 0.292 e. The molecule has 0 saturated carbocycles. The van der Waals surface area contributed by atoms with Crippen LogP contribution in [0.2, 0.25) is 0 Å². The van der Waals surface area contributed by atoms with Crippen LogP contribution < -0.4 is 4.90 Å². The molecule has 0 aromatic heterocycles. The normalized spacial score (nSPS) is 27.7. The van der Waals surface area contributed by atoms with E-state index in [9.17, 15) is 27.6 Å². The molecule has 32 heavy (non-hydrogen) atoms. The van der Waals surface area contributed by atoms with Gasteiger partial charge in [0.15, 0.2) is 5.78 Å². The molecule has 3 saturated heterocycles. The zero-order valence-corrected chi connectivity index (χ0v) is 17.3. The second kappa shape index (κ2) is 7.27. The largest absolute Gasteiger partial charge is 0.416 e. The number of halogens is 3. The molecule has 166 valence electrons. The first-order chi connectivity index (χ1) is 15.2. The highest BCUT2D eigenvalue weighted by molar-refractivity contribution is 6.24. The van der Waals surface area contributed by atoms with Crippen LogP contribution >= 0.6 is 0 Å². The van der Waals surface area contributed by atoms with Gasteiger partial charge in [0.25, 0.3) is 0 Å². The molecule has 3 fully saturated rings. The summed E-state index contributed by atoms with van der Waals surface area (Å²) in [7, 11) is 0. The average Bonchev–Trinajstić information content (AvgIpc) is 3.39. The van der Waals surface area contributed by atoms with Crippen molar-refractivity contribution in [2.45, 2.75) is 38.0 Å². The Morgan fingerprint density at radius 3 is 2.38 bits per heavy atom. The highest BCUT2D eigenvalue weighted by Gasteiger charge is 2.64. The summed E-state index contributed by atoms with van der Waals surface area (Å²) in [4.78, 5) is 43.0. The van der Waals surface area contributed by atoms with E-state index < -0.39 is 41.4 Å². The van der Waals surface area contributed by atoms with Gasteiger partial charge in [-0.25, -0.2) is 4.90 Å². The number of carbonyl (C=O) groups excluding carboxylic acids is 3. The summed E-state index contributed by atoms with van der Waals surface area (Å²) in [6.45, 7) is 2.52. The summed E-state index contributed by atoms with van der Waals surface area (Å²) in [5.74, 6) is -2.96. The fourth-order valence-electron chi connectivity index (χ4n) is 5.48. The van der Waals surface area contributed by atoms with Gasteiger partial charge in [0.05, 0.1) is 29.1 Å². The van der Waals surface area contributed by atoms with Gasteiger partial charge in [0, 0.05) is 11.6 Å². The first-order valence-electron chi connectivity index (χ1n) is 10.6. The van der Waals surface area contributed by atoms with Crippen molar-refractivity contribution in [3.05, 3.63) is 65.2 Å². The molecule has 8 heteroatoms. The predicted molar refractivity (Wildman–Crippen MR) is 110 cm³/mol. The number of nitrogens with zero attached hydrogens (tertiary/aromatic N) is 2. The number of ketones is 1. The lowest BCUT2D eigenvalue weighted by atomic mass is 9.85. The number of hydrogen-bond donors (Lipinski definition) is 0. The van der Waals surface area contributed by atoms with Gasteiger partial charge >= 0.3 is 6.18 Å². The first-order valence-corrected chi connectivity index (χ1v) is 10.6. The molecule has 2 aromatic carbocycles. The molecule has 0 spiro atoms. The van der Waals surface area contributed by atoms with Crippen molar-refractivity contribution in [2.75, 3.05) is 11.4 Å². The van der Waals surface area contributed by atoms with Gasteiger partial charge in [-0.1, -0.05) is 35.9 Å². The zero-order valence-electron chi connectivity index (χ0n) is 17.3. The van der Waals surface area contributed by atoms with Crippen LogP contribution in [0.25, 0.3) is 0 Å². The van der Waals surface area contributed by atoms with E-state index in [1.807, 2.05) is 24.0 Å². The van der Waals surface area contributed by atoms with E-state index in [0.29, 0.717) is 18.5 Å². The van der Waals surface area contributed by atoms with E-state index in [0.717, 1.165) is 29.0 Å².